The molecular formula is C13H13NO4S3. The first-order valence-corrected chi connectivity index (χ1v) is 9.62. The number of carbonyl (C=O) groups is 1. The molecular weight excluding hydrogens is 330 g/mol. The van der Waals surface area contributed by atoms with Crippen LogP contribution >= 0.6 is 22.7 Å². The lowest BCUT2D eigenvalue weighted by Gasteiger charge is -2.23. The number of aryl methyl sites for hydroxylation is 1. The van der Waals surface area contributed by atoms with Gasteiger partial charge in [0.2, 0.25) is 10.0 Å². The standard InChI is InChI=1S/C13H13NO4S3/c15-13(16)12-11(5-7-20-12)21(17,18)14-9-2-1-3-10-8(9)4-6-19-10/h4-7,9,14H,1-3H2,(H,15,16). The smallest absolute Gasteiger partial charge is 0.347 e. The zero-order valence-electron chi connectivity index (χ0n) is 10.9. The van der Waals surface area contributed by atoms with Crippen LogP contribution in [-0.4, -0.2) is 19.5 Å². The van der Waals surface area contributed by atoms with E-state index in [1.54, 1.807) is 11.3 Å². The number of carboxylic acid groups (broad SMARTS) is 1. The highest BCUT2D eigenvalue weighted by Crippen LogP contribution is 2.34. The van der Waals surface area contributed by atoms with Crippen LogP contribution in [0.4, 0.5) is 0 Å². The van der Waals surface area contributed by atoms with Crippen molar-refractivity contribution in [2.75, 3.05) is 0 Å². The van der Waals surface area contributed by atoms with E-state index in [2.05, 4.69) is 4.72 Å². The van der Waals surface area contributed by atoms with E-state index in [4.69, 9.17) is 5.11 Å². The molecule has 2 aromatic heterocycles. The lowest BCUT2D eigenvalue weighted by Crippen LogP contribution is -2.31. The Morgan fingerprint density at radius 2 is 2.05 bits per heavy atom. The van der Waals surface area contributed by atoms with Crippen LogP contribution in [0.3, 0.4) is 0 Å². The third kappa shape index (κ3) is 2.76. The van der Waals surface area contributed by atoms with Crippen molar-refractivity contribution in [1.29, 1.82) is 0 Å². The minimum Gasteiger partial charge on any atom is -0.477 e. The Kier molecular flexibility index (Phi) is 3.87. The van der Waals surface area contributed by atoms with Gasteiger partial charge in [-0.3, -0.25) is 0 Å². The highest BCUT2D eigenvalue weighted by atomic mass is 32.2. The molecule has 1 aliphatic carbocycles. The maximum absolute atomic E-state index is 12.5. The van der Waals surface area contributed by atoms with Crippen LogP contribution in [0.25, 0.3) is 0 Å². The maximum Gasteiger partial charge on any atom is 0.347 e. The molecule has 1 atom stereocenters. The summed E-state index contributed by atoms with van der Waals surface area (Å²) in [6.45, 7) is 0. The molecule has 5 nitrogen and oxygen atoms in total. The lowest BCUT2D eigenvalue weighted by atomic mass is 9.95. The SMILES string of the molecule is O=C(O)c1sccc1S(=O)(=O)NC1CCCc2sccc21. The fourth-order valence-corrected chi connectivity index (χ4v) is 6.02. The summed E-state index contributed by atoms with van der Waals surface area (Å²) in [6, 6.07) is 3.01. The van der Waals surface area contributed by atoms with Gasteiger partial charge in [0.15, 0.2) is 0 Å². The van der Waals surface area contributed by atoms with E-state index < -0.39 is 16.0 Å². The molecule has 0 aromatic carbocycles. The van der Waals surface area contributed by atoms with Crippen molar-refractivity contribution in [1.82, 2.24) is 4.72 Å². The van der Waals surface area contributed by atoms with Crippen LogP contribution in [0.15, 0.2) is 27.8 Å². The van der Waals surface area contributed by atoms with Crippen LogP contribution in [0.5, 0.6) is 0 Å². The van der Waals surface area contributed by atoms with E-state index in [1.165, 1.54) is 16.3 Å². The molecule has 0 bridgehead atoms. The summed E-state index contributed by atoms with van der Waals surface area (Å²) in [7, 11) is -3.83. The fourth-order valence-electron chi connectivity index (χ4n) is 2.52. The molecule has 1 unspecified atom stereocenters. The molecule has 2 heterocycles. The molecule has 0 spiro atoms. The van der Waals surface area contributed by atoms with Gasteiger partial charge >= 0.3 is 5.97 Å². The number of carboxylic acids is 1. The molecule has 0 fully saturated rings. The molecule has 0 saturated heterocycles. The van der Waals surface area contributed by atoms with E-state index in [-0.39, 0.29) is 15.8 Å². The van der Waals surface area contributed by atoms with Gasteiger partial charge in [0.25, 0.3) is 0 Å². The molecule has 0 amide bonds. The molecule has 112 valence electrons. The van der Waals surface area contributed by atoms with Crippen molar-refractivity contribution in [3.8, 4) is 0 Å². The van der Waals surface area contributed by atoms with Crippen molar-refractivity contribution in [3.63, 3.8) is 0 Å². The minimum absolute atomic E-state index is 0.149. The topological polar surface area (TPSA) is 83.5 Å². The number of sulfonamides is 1. The molecule has 2 N–H and O–H groups in total. The van der Waals surface area contributed by atoms with Gasteiger partial charge < -0.3 is 5.11 Å². The number of rotatable bonds is 4. The van der Waals surface area contributed by atoms with Crippen molar-refractivity contribution in [2.24, 2.45) is 0 Å². The first-order valence-electron chi connectivity index (χ1n) is 6.38. The number of fused-ring (bicyclic) bond motifs is 1. The normalized spacial score (nSPS) is 18.4. The van der Waals surface area contributed by atoms with Gasteiger partial charge in [0.1, 0.15) is 9.77 Å². The quantitative estimate of drug-likeness (QED) is 0.894. The van der Waals surface area contributed by atoms with Crippen molar-refractivity contribution < 1.29 is 18.3 Å². The summed E-state index contributed by atoms with van der Waals surface area (Å²) >= 11 is 2.55. The average molecular weight is 343 g/mol. The fraction of sp³-hybridized carbons (Fsp3) is 0.308. The average Bonchev–Trinajstić information content (AvgIpc) is 3.08. The van der Waals surface area contributed by atoms with E-state index in [1.807, 2.05) is 11.4 Å². The van der Waals surface area contributed by atoms with Crippen LogP contribution in [0, 0.1) is 0 Å². The number of thiophene rings is 2. The third-order valence-corrected chi connectivity index (χ3v) is 7.00. The van der Waals surface area contributed by atoms with E-state index in [0.29, 0.717) is 0 Å². The molecule has 21 heavy (non-hydrogen) atoms. The van der Waals surface area contributed by atoms with Gasteiger partial charge in [-0.25, -0.2) is 17.9 Å². The second-order valence-corrected chi connectivity index (χ2v) is 8.38. The van der Waals surface area contributed by atoms with Crippen LogP contribution in [0.2, 0.25) is 0 Å². The maximum atomic E-state index is 12.5. The Morgan fingerprint density at radius 3 is 2.81 bits per heavy atom. The van der Waals surface area contributed by atoms with Gasteiger partial charge in [-0.2, -0.15) is 0 Å². The number of aromatic carboxylic acids is 1. The van der Waals surface area contributed by atoms with Crippen LogP contribution in [-0.2, 0) is 16.4 Å². The summed E-state index contributed by atoms with van der Waals surface area (Å²) in [4.78, 5) is 12.0. The first-order chi connectivity index (χ1) is 9.99. The zero-order valence-corrected chi connectivity index (χ0v) is 13.4. The Labute approximate surface area is 130 Å². The second-order valence-electron chi connectivity index (χ2n) is 4.78. The lowest BCUT2D eigenvalue weighted by molar-refractivity contribution is 0.0698. The summed E-state index contributed by atoms with van der Waals surface area (Å²) in [6.07, 6.45) is 2.63. The molecule has 3 rings (SSSR count). The van der Waals surface area contributed by atoms with Crippen LogP contribution in [0.1, 0.15) is 39.0 Å². The molecule has 0 radical (unpaired) electrons. The van der Waals surface area contributed by atoms with E-state index in [9.17, 15) is 13.2 Å². The predicted molar refractivity (Wildman–Crippen MR) is 81.6 cm³/mol. The van der Waals surface area contributed by atoms with Crippen molar-refractivity contribution in [3.05, 3.63) is 38.2 Å². The van der Waals surface area contributed by atoms with Crippen molar-refractivity contribution >= 4 is 38.7 Å². The van der Waals surface area contributed by atoms with E-state index >= 15 is 0 Å². The Bertz CT molecular complexity index is 775. The highest BCUT2D eigenvalue weighted by molar-refractivity contribution is 7.89. The molecule has 2 aromatic rings. The molecule has 0 aliphatic heterocycles. The van der Waals surface area contributed by atoms with Gasteiger partial charge in [-0.05, 0) is 47.7 Å². The second kappa shape index (κ2) is 5.53. The number of hydrogen-bond donors (Lipinski definition) is 2. The monoisotopic (exact) mass is 343 g/mol. The molecule has 8 heteroatoms. The molecule has 0 saturated carbocycles. The Hall–Kier alpha value is -1.22. The molecule has 1 aliphatic rings. The Morgan fingerprint density at radius 1 is 1.29 bits per heavy atom. The van der Waals surface area contributed by atoms with E-state index in [0.717, 1.165) is 36.2 Å². The minimum atomic E-state index is -3.83. The summed E-state index contributed by atoms with van der Waals surface area (Å²) < 4.78 is 27.6. The van der Waals surface area contributed by atoms with Gasteiger partial charge in [0.05, 0.1) is 0 Å². The zero-order chi connectivity index (χ0) is 15.0. The summed E-state index contributed by atoms with van der Waals surface area (Å²) in [5.74, 6) is -1.22. The number of hydrogen-bond acceptors (Lipinski definition) is 5. The van der Waals surface area contributed by atoms with Crippen LogP contribution < -0.4 is 4.72 Å². The summed E-state index contributed by atoms with van der Waals surface area (Å²) in [5.41, 5.74) is 1.02. The van der Waals surface area contributed by atoms with Crippen molar-refractivity contribution in [2.45, 2.75) is 30.2 Å². The largest absolute Gasteiger partial charge is 0.477 e. The Balaban J connectivity index is 1.91. The number of nitrogens with one attached hydrogen (secondary N) is 1. The van der Waals surface area contributed by atoms with Gasteiger partial charge in [-0.1, -0.05) is 0 Å². The third-order valence-electron chi connectivity index (χ3n) is 3.46. The summed E-state index contributed by atoms with van der Waals surface area (Å²) in [5, 5.41) is 12.5. The van der Waals surface area contributed by atoms with Gasteiger partial charge in [0, 0.05) is 10.9 Å². The highest BCUT2D eigenvalue weighted by Gasteiger charge is 2.29. The first kappa shape index (κ1) is 14.7. The van der Waals surface area contributed by atoms with Gasteiger partial charge in [-0.15, -0.1) is 22.7 Å². The predicted octanol–water partition coefficient (Wildman–Crippen LogP) is 2.86.